The Morgan fingerprint density at radius 3 is 2.82 bits per heavy atom. The summed E-state index contributed by atoms with van der Waals surface area (Å²) in [5.74, 6) is 2.37. The molecule has 4 rings (SSSR count). The highest BCUT2D eigenvalue weighted by Crippen LogP contribution is 2.34. The number of pyridine rings is 1. The minimum atomic E-state index is 0.644. The molecule has 22 heavy (non-hydrogen) atoms. The summed E-state index contributed by atoms with van der Waals surface area (Å²) in [5, 5.41) is 13.3. The largest absolute Gasteiger partial charge is 0.323 e. The van der Waals surface area contributed by atoms with Gasteiger partial charge < -0.3 is 5.32 Å². The minimum Gasteiger partial charge on any atom is -0.323 e. The molecule has 112 valence electrons. The van der Waals surface area contributed by atoms with Crippen molar-refractivity contribution in [2.24, 2.45) is 0 Å². The van der Waals surface area contributed by atoms with Crippen LogP contribution in [0.1, 0.15) is 43.0 Å². The van der Waals surface area contributed by atoms with Crippen molar-refractivity contribution in [3.63, 3.8) is 0 Å². The van der Waals surface area contributed by atoms with Gasteiger partial charge in [0.05, 0.1) is 0 Å². The number of aromatic amines is 1. The first-order chi connectivity index (χ1) is 10.8. The number of H-pyrrole nitrogens is 1. The summed E-state index contributed by atoms with van der Waals surface area (Å²) in [6.07, 6.45) is 5.20. The summed E-state index contributed by atoms with van der Waals surface area (Å²) in [7, 11) is 0. The lowest BCUT2D eigenvalue weighted by molar-refractivity contribution is 0.693. The number of hydrogen-bond acceptors (Lipinski definition) is 3. The number of nitrogens with one attached hydrogen (secondary N) is 2. The lowest BCUT2D eigenvalue weighted by Gasteiger charge is -2.08. The second-order valence-corrected chi connectivity index (χ2v) is 6.15. The van der Waals surface area contributed by atoms with Crippen molar-refractivity contribution in [2.75, 3.05) is 5.32 Å². The van der Waals surface area contributed by atoms with Gasteiger partial charge in [-0.25, -0.2) is 4.98 Å². The predicted octanol–water partition coefficient (Wildman–Crippen LogP) is 4.67. The van der Waals surface area contributed by atoms with Crippen molar-refractivity contribution in [3.8, 4) is 0 Å². The van der Waals surface area contributed by atoms with Gasteiger partial charge in [-0.3, -0.25) is 5.10 Å². The molecular weight excluding hydrogens is 272 g/mol. The number of benzene rings is 1. The molecule has 2 N–H and O–H groups in total. The molecule has 0 saturated heterocycles. The number of rotatable bonds is 3. The molecule has 1 aromatic carbocycles. The van der Waals surface area contributed by atoms with E-state index in [0.717, 1.165) is 22.7 Å². The molecule has 0 spiro atoms. The van der Waals surface area contributed by atoms with Crippen LogP contribution in [0.25, 0.3) is 10.8 Å². The monoisotopic (exact) mass is 292 g/mol. The minimum absolute atomic E-state index is 0.644. The molecule has 0 bridgehead atoms. The summed E-state index contributed by atoms with van der Waals surface area (Å²) < 4.78 is 0. The van der Waals surface area contributed by atoms with Crippen LogP contribution in [-0.2, 0) is 0 Å². The normalized spacial score (nSPS) is 15.5. The van der Waals surface area contributed by atoms with E-state index in [-0.39, 0.29) is 0 Å². The molecule has 0 unspecified atom stereocenters. The SMILES string of the molecule is Cc1cc2ccccc2c(Nc2cc(C3CCCC3)[nH]n2)n1. The van der Waals surface area contributed by atoms with Crippen LogP contribution in [0.3, 0.4) is 0 Å². The molecule has 0 amide bonds. The predicted molar refractivity (Wildman–Crippen MR) is 89.6 cm³/mol. The van der Waals surface area contributed by atoms with E-state index in [1.54, 1.807) is 0 Å². The molecule has 2 aromatic heterocycles. The van der Waals surface area contributed by atoms with Crippen molar-refractivity contribution in [3.05, 3.63) is 47.8 Å². The van der Waals surface area contributed by atoms with E-state index >= 15 is 0 Å². The topological polar surface area (TPSA) is 53.6 Å². The van der Waals surface area contributed by atoms with Crippen LogP contribution in [0, 0.1) is 6.92 Å². The van der Waals surface area contributed by atoms with Crippen LogP contribution in [-0.4, -0.2) is 15.2 Å². The van der Waals surface area contributed by atoms with Gasteiger partial charge in [0.25, 0.3) is 0 Å². The van der Waals surface area contributed by atoms with E-state index in [2.05, 4.69) is 50.8 Å². The zero-order chi connectivity index (χ0) is 14.9. The van der Waals surface area contributed by atoms with E-state index in [1.165, 1.54) is 36.8 Å². The zero-order valence-corrected chi connectivity index (χ0v) is 12.8. The molecule has 1 aliphatic carbocycles. The average Bonchev–Trinajstić information content (AvgIpc) is 3.17. The van der Waals surface area contributed by atoms with Gasteiger partial charge in [0.1, 0.15) is 5.82 Å². The third-order valence-electron chi connectivity index (χ3n) is 4.51. The number of nitrogens with zero attached hydrogens (tertiary/aromatic N) is 2. The fraction of sp³-hybridized carbons (Fsp3) is 0.333. The first kappa shape index (κ1) is 13.3. The van der Waals surface area contributed by atoms with Crippen molar-refractivity contribution in [1.82, 2.24) is 15.2 Å². The Balaban J connectivity index is 1.66. The maximum Gasteiger partial charge on any atom is 0.153 e. The summed E-state index contributed by atoms with van der Waals surface area (Å²) in [4.78, 5) is 4.64. The lowest BCUT2D eigenvalue weighted by Crippen LogP contribution is -1.96. The standard InChI is InChI=1S/C18H20N4/c1-12-10-14-8-4-5-9-15(14)18(19-12)20-17-11-16(21-22-17)13-6-2-3-7-13/h4-5,8-11,13H,2-3,6-7H2,1H3,(H2,19,20,21,22). The molecule has 1 saturated carbocycles. The van der Waals surface area contributed by atoms with Crippen LogP contribution in [0.4, 0.5) is 11.6 Å². The highest BCUT2D eigenvalue weighted by Gasteiger charge is 2.19. The fourth-order valence-corrected chi connectivity index (χ4v) is 3.40. The molecule has 1 aliphatic rings. The van der Waals surface area contributed by atoms with Crippen LogP contribution < -0.4 is 5.32 Å². The van der Waals surface area contributed by atoms with E-state index in [4.69, 9.17) is 0 Å². The maximum absolute atomic E-state index is 4.64. The Kier molecular flexibility index (Phi) is 3.29. The number of aromatic nitrogens is 3. The van der Waals surface area contributed by atoms with Gasteiger partial charge in [-0.2, -0.15) is 5.10 Å². The van der Waals surface area contributed by atoms with Crippen LogP contribution >= 0.6 is 0 Å². The molecule has 1 fully saturated rings. The van der Waals surface area contributed by atoms with Crippen molar-refractivity contribution < 1.29 is 0 Å². The third-order valence-corrected chi connectivity index (χ3v) is 4.51. The fourth-order valence-electron chi connectivity index (χ4n) is 3.40. The summed E-state index contributed by atoms with van der Waals surface area (Å²) in [6, 6.07) is 12.5. The average molecular weight is 292 g/mol. The van der Waals surface area contributed by atoms with Gasteiger partial charge in [0, 0.05) is 28.8 Å². The first-order valence-electron chi connectivity index (χ1n) is 7.98. The number of hydrogen-bond donors (Lipinski definition) is 2. The van der Waals surface area contributed by atoms with E-state index < -0.39 is 0 Å². The Bertz CT molecular complexity index is 800. The molecule has 3 aromatic rings. The quantitative estimate of drug-likeness (QED) is 0.737. The first-order valence-corrected chi connectivity index (χ1v) is 7.98. The molecule has 2 heterocycles. The lowest BCUT2D eigenvalue weighted by atomic mass is 10.0. The van der Waals surface area contributed by atoms with Gasteiger partial charge in [-0.15, -0.1) is 0 Å². The number of fused-ring (bicyclic) bond motifs is 1. The van der Waals surface area contributed by atoms with Crippen LogP contribution in [0.15, 0.2) is 36.4 Å². The van der Waals surface area contributed by atoms with Gasteiger partial charge >= 0.3 is 0 Å². The summed E-state index contributed by atoms with van der Waals surface area (Å²) in [6.45, 7) is 2.02. The highest BCUT2D eigenvalue weighted by atomic mass is 15.2. The van der Waals surface area contributed by atoms with Crippen molar-refractivity contribution in [2.45, 2.75) is 38.5 Å². The smallest absolute Gasteiger partial charge is 0.153 e. The van der Waals surface area contributed by atoms with Crippen LogP contribution in [0.5, 0.6) is 0 Å². The Morgan fingerprint density at radius 1 is 1.14 bits per heavy atom. The molecule has 4 heteroatoms. The summed E-state index contributed by atoms with van der Waals surface area (Å²) in [5.41, 5.74) is 2.25. The third kappa shape index (κ3) is 2.45. The maximum atomic E-state index is 4.64. The number of anilines is 2. The van der Waals surface area contributed by atoms with E-state index in [0.29, 0.717) is 5.92 Å². The molecular formula is C18H20N4. The molecule has 0 atom stereocenters. The number of aryl methyl sites for hydroxylation is 1. The second kappa shape index (κ2) is 5.44. The van der Waals surface area contributed by atoms with Gasteiger partial charge in [-0.05, 0) is 31.2 Å². The Labute approximate surface area is 130 Å². The van der Waals surface area contributed by atoms with Gasteiger partial charge in [-0.1, -0.05) is 37.1 Å². The molecule has 0 radical (unpaired) electrons. The van der Waals surface area contributed by atoms with Crippen LogP contribution in [0.2, 0.25) is 0 Å². The van der Waals surface area contributed by atoms with Gasteiger partial charge in [0.2, 0.25) is 0 Å². The summed E-state index contributed by atoms with van der Waals surface area (Å²) >= 11 is 0. The van der Waals surface area contributed by atoms with E-state index in [9.17, 15) is 0 Å². The molecule has 4 nitrogen and oxygen atoms in total. The van der Waals surface area contributed by atoms with Gasteiger partial charge in [0.15, 0.2) is 5.82 Å². The highest BCUT2D eigenvalue weighted by molar-refractivity contribution is 5.93. The zero-order valence-electron chi connectivity index (χ0n) is 12.8. The van der Waals surface area contributed by atoms with E-state index in [1.807, 2.05) is 13.0 Å². The second-order valence-electron chi connectivity index (χ2n) is 6.15. The Morgan fingerprint density at radius 2 is 1.95 bits per heavy atom. The van der Waals surface area contributed by atoms with Crippen molar-refractivity contribution in [1.29, 1.82) is 0 Å². The van der Waals surface area contributed by atoms with Crippen molar-refractivity contribution >= 4 is 22.4 Å². The molecule has 0 aliphatic heterocycles. The Hall–Kier alpha value is -2.36.